The molecule has 9 heteroatoms. The highest BCUT2D eigenvalue weighted by Gasteiger charge is 2.32. The largest absolute Gasteiger partial charge is 0.490 e. The smallest absolute Gasteiger partial charge is 0.341 e. The van der Waals surface area contributed by atoms with E-state index in [2.05, 4.69) is 27.6 Å². The van der Waals surface area contributed by atoms with E-state index in [1.807, 2.05) is 51.1 Å². The predicted molar refractivity (Wildman–Crippen MR) is 135 cm³/mol. The molecule has 2 aromatic carbocycles. The summed E-state index contributed by atoms with van der Waals surface area (Å²) in [6.45, 7) is 6.20. The minimum atomic E-state index is -1.07. The number of halogens is 1. The van der Waals surface area contributed by atoms with Crippen molar-refractivity contribution < 1.29 is 24.2 Å². The van der Waals surface area contributed by atoms with Crippen molar-refractivity contribution in [3.8, 4) is 11.5 Å². The first kappa shape index (κ1) is 24.1. The number of nitrogens with zero attached hydrogens (tertiary/aromatic N) is 2. The van der Waals surface area contributed by atoms with Crippen LogP contribution in [0, 0.1) is 10.5 Å². The third-order valence-corrected chi connectivity index (χ3v) is 6.24. The third-order valence-electron chi connectivity index (χ3n) is 4.43. The van der Waals surface area contributed by atoms with E-state index in [9.17, 15) is 9.59 Å². The number of benzene rings is 2. The van der Waals surface area contributed by atoms with E-state index in [4.69, 9.17) is 14.6 Å². The summed E-state index contributed by atoms with van der Waals surface area (Å²) in [4.78, 5) is 30.7. The molecule has 1 amide bonds. The Labute approximate surface area is 204 Å². The molecule has 1 N–H and O–H groups in total. The van der Waals surface area contributed by atoms with Gasteiger partial charge in [-0.25, -0.2) is 9.79 Å². The van der Waals surface area contributed by atoms with E-state index < -0.39 is 12.6 Å². The van der Waals surface area contributed by atoms with Gasteiger partial charge in [-0.05, 0) is 91.0 Å². The molecule has 3 rings (SSSR count). The van der Waals surface area contributed by atoms with Crippen LogP contribution in [-0.2, 0) is 9.59 Å². The van der Waals surface area contributed by atoms with Gasteiger partial charge in [0.25, 0.3) is 5.91 Å². The summed E-state index contributed by atoms with van der Waals surface area (Å²) in [5.41, 5.74) is 2.69. The molecule has 0 aliphatic carbocycles. The summed E-state index contributed by atoms with van der Waals surface area (Å²) >= 11 is 3.39. The first-order chi connectivity index (χ1) is 15.3. The van der Waals surface area contributed by atoms with Gasteiger partial charge in [0, 0.05) is 6.54 Å². The standard InChI is InChI=1S/C23H23IN2O5S/c1-4-26-22(29)19(32-23(26)25-16-8-6-14(3)7-9-16)12-15-10-17(24)21(31-13-20(27)28)18(11-15)30-5-2/h6-12H,4-5,13H2,1-3H3,(H,27,28)/b19-12+,25-23?. The zero-order valence-electron chi connectivity index (χ0n) is 17.9. The quantitative estimate of drug-likeness (QED) is 0.354. The van der Waals surface area contributed by atoms with Crippen molar-refractivity contribution in [1.29, 1.82) is 0 Å². The lowest BCUT2D eigenvalue weighted by atomic mass is 10.2. The number of amides is 1. The van der Waals surface area contributed by atoms with Gasteiger partial charge in [-0.2, -0.15) is 0 Å². The number of likely N-dealkylation sites (N-methyl/N-ethyl adjacent to an activating group) is 1. The molecule has 2 aromatic rings. The Balaban J connectivity index is 1.93. The number of aliphatic carboxylic acids is 1. The van der Waals surface area contributed by atoms with Crippen molar-refractivity contribution in [3.05, 3.63) is 56.0 Å². The lowest BCUT2D eigenvalue weighted by Gasteiger charge is -2.14. The molecular formula is C23H23IN2O5S. The number of hydrogen-bond donors (Lipinski definition) is 1. The number of ether oxygens (including phenoxy) is 2. The Morgan fingerprint density at radius 2 is 1.94 bits per heavy atom. The second kappa shape index (κ2) is 10.9. The minimum absolute atomic E-state index is 0.109. The van der Waals surface area contributed by atoms with Gasteiger partial charge in [0.2, 0.25) is 0 Å². The summed E-state index contributed by atoms with van der Waals surface area (Å²) < 4.78 is 11.8. The minimum Gasteiger partial charge on any atom is -0.490 e. The van der Waals surface area contributed by atoms with Crippen molar-refractivity contribution >= 4 is 63.2 Å². The summed E-state index contributed by atoms with van der Waals surface area (Å²) in [7, 11) is 0. The van der Waals surface area contributed by atoms with Crippen LogP contribution in [0.3, 0.4) is 0 Å². The Morgan fingerprint density at radius 3 is 2.56 bits per heavy atom. The monoisotopic (exact) mass is 566 g/mol. The van der Waals surface area contributed by atoms with Crippen molar-refractivity contribution in [2.24, 2.45) is 4.99 Å². The highest BCUT2D eigenvalue weighted by molar-refractivity contribution is 14.1. The molecule has 0 bridgehead atoms. The van der Waals surface area contributed by atoms with Gasteiger partial charge < -0.3 is 14.6 Å². The summed E-state index contributed by atoms with van der Waals surface area (Å²) in [6.07, 6.45) is 1.79. The first-order valence-corrected chi connectivity index (χ1v) is 11.9. The maximum absolute atomic E-state index is 13.0. The second-order valence-corrected chi connectivity index (χ2v) is 9.01. The molecule has 1 aliphatic rings. The normalized spacial score (nSPS) is 16.1. The molecular weight excluding hydrogens is 543 g/mol. The Bertz CT molecular complexity index is 1080. The van der Waals surface area contributed by atoms with Crippen LogP contribution >= 0.6 is 34.4 Å². The lowest BCUT2D eigenvalue weighted by Crippen LogP contribution is -2.28. The van der Waals surface area contributed by atoms with Gasteiger partial charge in [-0.3, -0.25) is 9.69 Å². The van der Waals surface area contributed by atoms with Crippen LogP contribution in [0.25, 0.3) is 6.08 Å². The molecule has 1 heterocycles. The molecule has 0 aromatic heterocycles. The Kier molecular flexibility index (Phi) is 8.19. The van der Waals surface area contributed by atoms with Crippen LogP contribution in [0.15, 0.2) is 46.3 Å². The number of carbonyl (C=O) groups excluding carboxylic acids is 1. The molecule has 32 heavy (non-hydrogen) atoms. The van der Waals surface area contributed by atoms with E-state index in [0.29, 0.717) is 38.3 Å². The molecule has 0 radical (unpaired) electrons. The first-order valence-electron chi connectivity index (χ1n) is 10.00. The highest BCUT2D eigenvalue weighted by Crippen LogP contribution is 2.38. The van der Waals surface area contributed by atoms with Crippen LogP contribution in [0.5, 0.6) is 11.5 Å². The number of hydrogen-bond acceptors (Lipinski definition) is 6. The van der Waals surface area contributed by atoms with Crippen molar-refractivity contribution in [3.63, 3.8) is 0 Å². The molecule has 168 valence electrons. The molecule has 0 unspecified atom stereocenters. The highest BCUT2D eigenvalue weighted by atomic mass is 127. The van der Waals surface area contributed by atoms with Gasteiger partial charge in [0.15, 0.2) is 23.3 Å². The van der Waals surface area contributed by atoms with E-state index in [1.165, 1.54) is 11.8 Å². The van der Waals surface area contributed by atoms with E-state index in [1.54, 1.807) is 17.0 Å². The number of carboxylic acid groups (broad SMARTS) is 1. The zero-order chi connectivity index (χ0) is 23.3. The average molecular weight is 566 g/mol. The fourth-order valence-corrected chi connectivity index (χ4v) is 4.80. The average Bonchev–Trinajstić information content (AvgIpc) is 3.03. The molecule has 1 fully saturated rings. The van der Waals surface area contributed by atoms with E-state index in [-0.39, 0.29) is 5.91 Å². The van der Waals surface area contributed by atoms with Crippen molar-refractivity contribution in [2.45, 2.75) is 20.8 Å². The van der Waals surface area contributed by atoms with Gasteiger partial charge in [0.05, 0.1) is 20.8 Å². The van der Waals surface area contributed by atoms with Gasteiger partial charge in [-0.1, -0.05) is 17.7 Å². The van der Waals surface area contributed by atoms with Crippen molar-refractivity contribution in [1.82, 2.24) is 4.90 Å². The maximum Gasteiger partial charge on any atom is 0.341 e. The lowest BCUT2D eigenvalue weighted by molar-refractivity contribution is -0.139. The van der Waals surface area contributed by atoms with Crippen LogP contribution < -0.4 is 9.47 Å². The third kappa shape index (κ3) is 5.83. The second-order valence-electron chi connectivity index (χ2n) is 6.84. The fourth-order valence-electron chi connectivity index (χ4n) is 2.96. The van der Waals surface area contributed by atoms with Crippen LogP contribution in [0.1, 0.15) is 25.0 Å². The number of aliphatic imine (C=N–C) groups is 1. The number of carboxylic acids is 1. The topological polar surface area (TPSA) is 88.4 Å². The summed E-state index contributed by atoms with van der Waals surface area (Å²) in [5, 5.41) is 9.55. The Hall–Kier alpha value is -2.53. The van der Waals surface area contributed by atoms with Gasteiger partial charge in [0.1, 0.15) is 0 Å². The SMILES string of the molecule is CCOc1cc(/C=C2/SC(=Nc3ccc(C)cc3)N(CC)C2=O)cc(I)c1OCC(=O)O. The Morgan fingerprint density at radius 1 is 1.22 bits per heavy atom. The van der Waals surface area contributed by atoms with E-state index in [0.717, 1.165) is 16.8 Å². The molecule has 1 saturated heterocycles. The van der Waals surface area contributed by atoms with Gasteiger partial charge in [-0.15, -0.1) is 0 Å². The number of amidine groups is 1. The van der Waals surface area contributed by atoms with Crippen LogP contribution in [0.4, 0.5) is 5.69 Å². The van der Waals surface area contributed by atoms with Crippen LogP contribution in [-0.4, -0.2) is 46.8 Å². The van der Waals surface area contributed by atoms with Crippen LogP contribution in [0.2, 0.25) is 0 Å². The molecule has 7 nitrogen and oxygen atoms in total. The maximum atomic E-state index is 13.0. The fraction of sp³-hybridized carbons (Fsp3) is 0.261. The number of carbonyl (C=O) groups is 2. The van der Waals surface area contributed by atoms with Crippen molar-refractivity contribution in [2.75, 3.05) is 19.8 Å². The van der Waals surface area contributed by atoms with E-state index >= 15 is 0 Å². The number of rotatable bonds is 8. The number of aryl methyl sites for hydroxylation is 1. The summed E-state index contributed by atoms with van der Waals surface area (Å²) in [5.74, 6) is -0.368. The molecule has 0 spiro atoms. The van der Waals surface area contributed by atoms with Gasteiger partial charge >= 0.3 is 5.97 Å². The summed E-state index contributed by atoms with van der Waals surface area (Å²) in [6, 6.07) is 11.4. The molecule has 0 saturated carbocycles. The molecule has 0 atom stereocenters. The predicted octanol–water partition coefficient (Wildman–Crippen LogP) is 5.09. The molecule has 1 aliphatic heterocycles. The number of thioether (sulfide) groups is 1. The zero-order valence-corrected chi connectivity index (χ0v) is 20.9.